The highest BCUT2D eigenvalue weighted by molar-refractivity contribution is 8.16. The van der Waals surface area contributed by atoms with Crippen LogP contribution in [0.15, 0.2) is 41.5 Å². The average molecular weight is 678 g/mol. The fourth-order valence-corrected chi connectivity index (χ4v) is 7.56. The van der Waals surface area contributed by atoms with E-state index >= 15 is 4.39 Å². The van der Waals surface area contributed by atoms with Gasteiger partial charge in [0.05, 0.1) is 10.6 Å². The summed E-state index contributed by atoms with van der Waals surface area (Å²) in [7, 11) is 0.129. The predicted octanol–water partition coefficient (Wildman–Crippen LogP) is 6.50. The zero-order valence-corrected chi connectivity index (χ0v) is 29.5. The van der Waals surface area contributed by atoms with Crippen molar-refractivity contribution in [3.63, 3.8) is 0 Å². The number of thioether (sulfide) groups is 1. The molecule has 14 heteroatoms. The van der Waals surface area contributed by atoms with Crippen LogP contribution in [0.5, 0.6) is 0 Å². The van der Waals surface area contributed by atoms with E-state index in [0.29, 0.717) is 23.7 Å². The van der Waals surface area contributed by atoms with Gasteiger partial charge in [-0.3, -0.25) is 14.6 Å². The van der Waals surface area contributed by atoms with Gasteiger partial charge in [-0.25, -0.2) is 19.1 Å². The predicted molar refractivity (Wildman–Crippen MR) is 178 cm³/mol. The maximum atomic E-state index is 15.7. The van der Waals surface area contributed by atoms with Crippen LogP contribution in [0.4, 0.5) is 14.9 Å². The Morgan fingerprint density at radius 1 is 1.20 bits per heavy atom. The van der Waals surface area contributed by atoms with Crippen LogP contribution in [-0.4, -0.2) is 71.8 Å². The molecule has 2 heterocycles. The number of amidine groups is 1. The lowest BCUT2D eigenvalue weighted by Gasteiger charge is -2.37. The van der Waals surface area contributed by atoms with Crippen LogP contribution in [-0.2, 0) is 19.8 Å². The van der Waals surface area contributed by atoms with Gasteiger partial charge in [-0.05, 0) is 70.5 Å². The Morgan fingerprint density at radius 2 is 1.91 bits per heavy atom. The number of nitrogens with zero attached hydrogens (tertiary/aromatic N) is 3. The Morgan fingerprint density at radius 3 is 2.51 bits per heavy atom. The number of pyridine rings is 1. The molecule has 1 saturated carbocycles. The summed E-state index contributed by atoms with van der Waals surface area (Å²) in [6, 6.07) is 8.11. The smallest absolute Gasteiger partial charge is 0.418 e. The normalized spacial score (nSPS) is 22.5. The van der Waals surface area contributed by atoms with E-state index in [2.05, 4.69) is 35.3 Å². The van der Waals surface area contributed by atoms with Gasteiger partial charge >= 0.3 is 6.09 Å². The van der Waals surface area contributed by atoms with Gasteiger partial charge < -0.3 is 20.1 Å². The van der Waals surface area contributed by atoms with Crippen molar-refractivity contribution < 1.29 is 28.2 Å². The molecular formula is C31H41ClFN5O5SSi. The van der Waals surface area contributed by atoms with Gasteiger partial charge in [0.15, 0.2) is 5.17 Å². The zero-order valence-electron chi connectivity index (χ0n) is 26.9. The summed E-state index contributed by atoms with van der Waals surface area (Å²) in [5.41, 5.74) is -1.48. The lowest BCUT2D eigenvalue weighted by Crippen LogP contribution is -2.48. The first-order valence-electron chi connectivity index (χ1n) is 14.7. The van der Waals surface area contributed by atoms with E-state index in [4.69, 9.17) is 26.1 Å². The topological polar surface area (TPSA) is 122 Å². The van der Waals surface area contributed by atoms with Gasteiger partial charge in [-0.15, -0.1) is 0 Å². The van der Waals surface area contributed by atoms with Crippen molar-refractivity contribution in [2.45, 2.75) is 75.7 Å². The number of rotatable bonds is 9. The van der Waals surface area contributed by atoms with Gasteiger partial charge in [0.25, 0.3) is 5.91 Å². The van der Waals surface area contributed by atoms with Crippen LogP contribution < -0.4 is 10.6 Å². The summed E-state index contributed by atoms with van der Waals surface area (Å²) in [5, 5.41) is 6.06. The Balaban J connectivity index is 1.74. The van der Waals surface area contributed by atoms with E-state index in [9.17, 15) is 14.4 Å². The second-order valence-electron chi connectivity index (χ2n) is 13.6. The van der Waals surface area contributed by atoms with Gasteiger partial charge in [0.1, 0.15) is 28.6 Å². The number of fused-ring (bicyclic) bond motifs is 1. The lowest BCUT2D eigenvalue weighted by atomic mass is 9.85. The fraction of sp³-hybridized carbons (Fsp3) is 0.516. The van der Waals surface area contributed by atoms with Crippen LogP contribution in [0.1, 0.15) is 50.2 Å². The SMILES string of the molecule is CNC(=O)[C@]12CC1[C@@](C)(c1cc(NC(=O)c3ccc(Cl)cn3)ccc1F)N=C(N(COCC[Si](C)(C)C)C(=O)OC(C)(C)C)S2. The monoisotopic (exact) mass is 677 g/mol. The van der Waals surface area contributed by atoms with E-state index in [1.807, 2.05) is 0 Å². The summed E-state index contributed by atoms with van der Waals surface area (Å²) < 4.78 is 26.4. The number of benzene rings is 1. The Kier molecular flexibility index (Phi) is 10.1. The number of halogens is 2. The van der Waals surface area contributed by atoms with Crippen molar-refractivity contribution in [2.24, 2.45) is 10.9 Å². The molecule has 3 atom stereocenters. The molecule has 3 amide bonds. The first kappa shape index (κ1) is 34.9. The highest BCUT2D eigenvalue weighted by Gasteiger charge is 2.71. The Hall–Kier alpha value is -3.00. The molecule has 1 aliphatic carbocycles. The second-order valence-corrected chi connectivity index (χ2v) is 21.0. The number of carbonyl (C=O) groups excluding carboxylic acids is 3. The number of aliphatic imine (C=N–C) groups is 1. The molecule has 10 nitrogen and oxygen atoms in total. The van der Waals surface area contributed by atoms with E-state index in [1.165, 1.54) is 35.4 Å². The average Bonchev–Trinajstić information content (AvgIpc) is 3.69. The number of carbonyl (C=O) groups is 3. The van der Waals surface area contributed by atoms with Crippen LogP contribution >= 0.6 is 23.4 Å². The molecule has 2 aliphatic rings. The van der Waals surface area contributed by atoms with Crippen LogP contribution in [0, 0.1) is 11.7 Å². The summed E-state index contributed by atoms with van der Waals surface area (Å²) in [6.07, 6.45) is 1.07. The maximum absolute atomic E-state index is 15.7. The molecule has 244 valence electrons. The van der Waals surface area contributed by atoms with Gasteiger partial charge in [-0.2, -0.15) is 0 Å². The van der Waals surface area contributed by atoms with Crippen LogP contribution in [0.3, 0.4) is 0 Å². The number of ether oxygens (including phenoxy) is 2. The number of nitrogens with one attached hydrogen (secondary N) is 2. The number of anilines is 1. The molecule has 1 unspecified atom stereocenters. The molecule has 2 N–H and O–H groups in total. The molecule has 1 aliphatic heterocycles. The van der Waals surface area contributed by atoms with E-state index in [0.717, 1.165) is 17.8 Å². The van der Waals surface area contributed by atoms with Crippen molar-refractivity contribution in [3.05, 3.63) is 58.6 Å². The summed E-state index contributed by atoms with van der Waals surface area (Å²) >= 11 is 7.06. The number of amides is 3. The molecule has 4 rings (SSSR count). The summed E-state index contributed by atoms with van der Waals surface area (Å²) in [4.78, 5) is 50.1. The van der Waals surface area contributed by atoms with E-state index < -0.39 is 47.7 Å². The third kappa shape index (κ3) is 8.05. The van der Waals surface area contributed by atoms with Gasteiger partial charge in [-0.1, -0.05) is 43.0 Å². The van der Waals surface area contributed by atoms with Gasteiger partial charge in [0.2, 0.25) is 5.91 Å². The van der Waals surface area contributed by atoms with Gasteiger partial charge in [0, 0.05) is 45.1 Å². The van der Waals surface area contributed by atoms with Crippen molar-refractivity contribution >= 4 is 60.2 Å². The highest BCUT2D eigenvalue weighted by Crippen LogP contribution is 2.66. The fourth-order valence-electron chi connectivity index (χ4n) is 5.08. The zero-order chi connectivity index (χ0) is 33.4. The minimum atomic E-state index is -1.41. The lowest BCUT2D eigenvalue weighted by molar-refractivity contribution is -0.121. The second kappa shape index (κ2) is 13.0. The third-order valence-corrected chi connectivity index (χ3v) is 11.0. The Bertz CT molecular complexity index is 1500. The number of aromatic nitrogens is 1. The number of hydrogen-bond donors (Lipinski definition) is 2. The number of hydrogen-bond acceptors (Lipinski definition) is 8. The molecular weight excluding hydrogens is 637 g/mol. The first-order valence-corrected chi connectivity index (χ1v) is 19.6. The van der Waals surface area contributed by atoms with Crippen molar-refractivity contribution in [1.82, 2.24) is 15.2 Å². The minimum Gasteiger partial charge on any atom is -0.443 e. The molecule has 0 bridgehead atoms. The summed E-state index contributed by atoms with van der Waals surface area (Å²) in [6.45, 7) is 14.0. The molecule has 0 radical (unpaired) electrons. The standard InChI is InChI=1S/C31H41ClFN5O5SSi/c1-29(2,3)43-28(41)38(18-42-13-14-45(6,7)8)27-37-30(4,24-16-31(24,44-27)26(40)34-5)21-15-20(10-11-22(21)33)36-25(39)23-12-9-19(32)17-35-23/h9-12,15,17,24H,13-14,16,18H2,1-8H3,(H,34,40)(H,36,39)/t24?,30-,31+/m1/s1. The minimum absolute atomic E-state index is 0.133. The summed E-state index contributed by atoms with van der Waals surface area (Å²) in [5.74, 6) is -1.72. The molecule has 1 aromatic carbocycles. The molecule has 45 heavy (non-hydrogen) atoms. The quantitative estimate of drug-likeness (QED) is 0.177. The van der Waals surface area contributed by atoms with E-state index in [1.54, 1.807) is 40.8 Å². The molecule has 2 aromatic rings. The molecule has 1 fully saturated rings. The van der Waals surface area contributed by atoms with Crippen molar-refractivity contribution in [3.8, 4) is 0 Å². The third-order valence-electron chi connectivity index (χ3n) is 7.59. The maximum Gasteiger partial charge on any atom is 0.418 e. The molecule has 0 spiro atoms. The highest BCUT2D eigenvalue weighted by atomic mass is 35.5. The van der Waals surface area contributed by atoms with E-state index in [-0.39, 0.29) is 29.1 Å². The Labute approximate surface area is 273 Å². The van der Waals surface area contributed by atoms with Crippen molar-refractivity contribution in [1.29, 1.82) is 0 Å². The van der Waals surface area contributed by atoms with Crippen LogP contribution in [0.2, 0.25) is 30.7 Å². The van der Waals surface area contributed by atoms with Crippen LogP contribution in [0.25, 0.3) is 0 Å². The molecule has 1 aromatic heterocycles. The van der Waals surface area contributed by atoms with Crippen molar-refractivity contribution in [2.75, 3.05) is 25.7 Å². The molecule has 0 saturated heterocycles. The first-order chi connectivity index (χ1) is 20.9. The largest absolute Gasteiger partial charge is 0.443 e.